The molecule has 104 valence electrons. The second-order valence-electron chi connectivity index (χ2n) is 5.43. The standard InChI is InChI=1S/C13H20N4O2/c14-13(18)10-5-15-17(6-10)11-7-16(8-11)9-12-3-1-2-4-19-12/h5-6,11-12H,1-4,7-9H2,(H2,14,18). The van der Waals surface area contributed by atoms with Gasteiger partial charge in [0.05, 0.1) is 23.9 Å². The normalized spacial score (nSPS) is 25.2. The number of amides is 1. The van der Waals surface area contributed by atoms with Crippen LogP contribution in [-0.2, 0) is 4.74 Å². The number of nitrogens with zero attached hydrogens (tertiary/aromatic N) is 3. The molecular weight excluding hydrogens is 244 g/mol. The average molecular weight is 264 g/mol. The highest BCUT2D eigenvalue weighted by molar-refractivity contribution is 5.92. The summed E-state index contributed by atoms with van der Waals surface area (Å²) in [4.78, 5) is 13.4. The highest BCUT2D eigenvalue weighted by atomic mass is 16.5. The highest BCUT2D eigenvalue weighted by Gasteiger charge is 2.31. The van der Waals surface area contributed by atoms with Gasteiger partial charge in [0.15, 0.2) is 0 Å². The van der Waals surface area contributed by atoms with Gasteiger partial charge in [0, 0.05) is 32.4 Å². The average Bonchev–Trinajstić information content (AvgIpc) is 2.84. The molecule has 0 aromatic carbocycles. The Bertz CT molecular complexity index is 447. The van der Waals surface area contributed by atoms with Gasteiger partial charge in [-0.3, -0.25) is 14.4 Å². The number of likely N-dealkylation sites (tertiary alicyclic amines) is 1. The Hall–Kier alpha value is -1.40. The minimum Gasteiger partial charge on any atom is -0.377 e. The fraction of sp³-hybridized carbons (Fsp3) is 0.692. The minimum atomic E-state index is -0.418. The molecule has 1 amide bonds. The number of primary amides is 1. The summed E-state index contributed by atoms with van der Waals surface area (Å²) in [5, 5.41) is 4.20. The van der Waals surface area contributed by atoms with Crippen molar-refractivity contribution in [3.05, 3.63) is 18.0 Å². The predicted molar refractivity (Wildman–Crippen MR) is 69.8 cm³/mol. The molecule has 2 N–H and O–H groups in total. The number of carbonyl (C=O) groups is 1. The lowest BCUT2D eigenvalue weighted by atomic mass is 10.0. The number of hydrogen-bond acceptors (Lipinski definition) is 4. The molecule has 1 unspecified atom stereocenters. The lowest BCUT2D eigenvalue weighted by Crippen LogP contribution is -2.51. The van der Waals surface area contributed by atoms with Crippen LogP contribution in [0.3, 0.4) is 0 Å². The molecule has 3 rings (SSSR count). The van der Waals surface area contributed by atoms with Crippen LogP contribution in [-0.4, -0.2) is 52.9 Å². The van der Waals surface area contributed by atoms with Gasteiger partial charge < -0.3 is 10.5 Å². The van der Waals surface area contributed by atoms with Crippen molar-refractivity contribution in [1.29, 1.82) is 0 Å². The predicted octanol–water partition coefficient (Wildman–Crippen LogP) is 0.408. The van der Waals surface area contributed by atoms with Gasteiger partial charge in [-0.1, -0.05) is 0 Å². The van der Waals surface area contributed by atoms with Crippen LogP contribution in [0.15, 0.2) is 12.4 Å². The first-order valence-corrected chi connectivity index (χ1v) is 6.90. The molecule has 0 spiro atoms. The fourth-order valence-corrected chi connectivity index (χ4v) is 2.76. The van der Waals surface area contributed by atoms with E-state index in [9.17, 15) is 4.79 Å². The summed E-state index contributed by atoms with van der Waals surface area (Å²) in [6.07, 6.45) is 7.32. The Morgan fingerprint density at radius 1 is 1.47 bits per heavy atom. The van der Waals surface area contributed by atoms with Crippen molar-refractivity contribution in [2.24, 2.45) is 5.73 Å². The molecule has 2 fully saturated rings. The molecule has 2 aliphatic rings. The van der Waals surface area contributed by atoms with Crippen LogP contribution < -0.4 is 5.73 Å². The third-order valence-corrected chi connectivity index (χ3v) is 3.93. The van der Waals surface area contributed by atoms with Gasteiger partial charge in [-0.15, -0.1) is 0 Å². The highest BCUT2D eigenvalue weighted by Crippen LogP contribution is 2.23. The van der Waals surface area contributed by atoms with Crippen molar-refractivity contribution in [3.8, 4) is 0 Å². The zero-order valence-corrected chi connectivity index (χ0v) is 11.0. The number of nitrogens with two attached hydrogens (primary N) is 1. The molecule has 1 atom stereocenters. The van der Waals surface area contributed by atoms with E-state index in [0.29, 0.717) is 17.7 Å². The Kier molecular flexibility index (Phi) is 3.52. The van der Waals surface area contributed by atoms with Crippen molar-refractivity contribution in [2.75, 3.05) is 26.2 Å². The number of rotatable bonds is 4. The summed E-state index contributed by atoms with van der Waals surface area (Å²) >= 11 is 0. The van der Waals surface area contributed by atoms with E-state index in [4.69, 9.17) is 10.5 Å². The van der Waals surface area contributed by atoms with Crippen molar-refractivity contribution < 1.29 is 9.53 Å². The molecule has 2 saturated heterocycles. The summed E-state index contributed by atoms with van der Waals surface area (Å²) in [5.41, 5.74) is 5.70. The van der Waals surface area contributed by atoms with E-state index in [0.717, 1.165) is 26.2 Å². The van der Waals surface area contributed by atoms with E-state index >= 15 is 0 Å². The lowest BCUT2D eigenvalue weighted by molar-refractivity contribution is -0.0288. The zero-order valence-electron chi connectivity index (χ0n) is 11.0. The van der Waals surface area contributed by atoms with Crippen LogP contribution in [0, 0.1) is 0 Å². The van der Waals surface area contributed by atoms with Crippen LogP contribution >= 0.6 is 0 Å². The van der Waals surface area contributed by atoms with Gasteiger partial charge >= 0.3 is 0 Å². The molecule has 0 bridgehead atoms. The Morgan fingerprint density at radius 2 is 2.32 bits per heavy atom. The van der Waals surface area contributed by atoms with Gasteiger partial charge in [-0.05, 0) is 19.3 Å². The number of ether oxygens (including phenoxy) is 1. The van der Waals surface area contributed by atoms with Crippen molar-refractivity contribution in [1.82, 2.24) is 14.7 Å². The summed E-state index contributed by atoms with van der Waals surface area (Å²) < 4.78 is 7.58. The molecule has 19 heavy (non-hydrogen) atoms. The summed E-state index contributed by atoms with van der Waals surface area (Å²) in [6, 6.07) is 0.358. The van der Waals surface area contributed by atoms with E-state index in [-0.39, 0.29) is 0 Å². The van der Waals surface area contributed by atoms with E-state index in [1.165, 1.54) is 25.5 Å². The lowest BCUT2D eigenvalue weighted by Gasteiger charge is -2.41. The molecule has 0 saturated carbocycles. The topological polar surface area (TPSA) is 73.4 Å². The van der Waals surface area contributed by atoms with E-state index in [1.807, 2.05) is 4.68 Å². The second-order valence-corrected chi connectivity index (χ2v) is 5.43. The second kappa shape index (κ2) is 5.30. The third kappa shape index (κ3) is 2.79. The van der Waals surface area contributed by atoms with Crippen molar-refractivity contribution >= 4 is 5.91 Å². The fourth-order valence-electron chi connectivity index (χ4n) is 2.76. The van der Waals surface area contributed by atoms with Crippen LogP contribution in [0.5, 0.6) is 0 Å². The maximum atomic E-state index is 11.0. The monoisotopic (exact) mass is 264 g/mol. The molecule has 3 heterocycles. The molecule has 0 aliphatic carbocycles. The first-order valence-electron chi connectivity index (χ1n) is 6.90. The van der Waals surface area contributed by atoms with Crippen LogP contribution in [0.4, 0.5) is 0 Å². The SMILES string of the molecule is NC(=O)c1cnn(C2CN(CC3CCCCO3)C2)c1. The van der Waals surface area contributed by atoms with E-state index in [1.54, 1.807) is 6.20 Å². The van der Waals surface area contributed by atoms with Gasteiger partial charge in [-0.2, -0.15) is 5.10 Å². The summed E-state index contributed by atoms with van der Waals surface area (Å²) in [7, 11) is 0. The number of aromatic nitrogens is 2. The van der Waals surface area contributed by atoms with E-state index < -0.39 is 5.91 Å². The largest absolute Gasteiger partial charge is 0.377 e. The van der Waals surface area contributed by atoms with Crippen LogP contribution in [0.2, 0.25) is 0 Å². The summed E-state index contributed by atoms with van der Waals surface area (Å²) in [5.74, 6) is -0.418. The van der Waals surface area contributed by atoms with Gasteiger partial charge in [-0.25, -0.2) is 0 Å². The molecule has 6 heteroatoms. The Labute approximate surface area is 112 Å². The van der Waals surface area contributed by atoms with Crippen molar-refractivity contribution in [2.45, 2.75) is 31.4 Å². The Morgan fingerprint density at radius 3 is 2.95 bits per heavy atom. The molecule has 0 radical (unpaired) electrons. The maximum Gasteiger partial charge on any atom is 0.251 e. The Balaban J connectivity index is 1.47. The van der Waals surface area contributed by atoms with Crippen LogP contribution in [0.1, 0.15) is 35.7 Å². The van der Waals surface area contributed by atoms with Gasteiger partial charge in [0.25, 0.3) is 5.91 Å². The zero-order chi connectivity index (χ0) is 13.2. The molecular formula is C13H20N4O2. The minimum absolute atomic E-state index is 0.358. The molecule has 6 nitrogen and oxygen atoms in total. The van der Waals surface area contributed by atoms with Crippen LogP contribution in [0.25, 0.3) is 0 Å². The number of carbonyl (C=O) groups excluding carboxylic acids is 1. The van der Waals surface area contributed by atoms with E-state index in [2.05, 4.69) is 10.00 Å². The number of hydrogen-bond donors (Lipinski definition) is 1. The van der Waals surface area contributed by atoms with Crippen molar-refractivity contribution in [3.63, 3.8) is 0 Å². The smallest absolute Gasteiger partial charge is 0.251 e. The first-order chi connectivity index (χ1) is 9.22. The molecule has 1 aromatic rings. The molecule has 2 aliphatic heterocycles. The van der Waals surface area contributed by atoms with Gasteiger partial charge in [0.1, 0.15) is 0 Å². The first kappa shape index (κ1) is 12.6. The third-order valence-electron chi connectivity index (χ3n) is 3.93. The maximum absolute atomic E-state index is 11.0. The summed E-state index contributed by atoms with van der Waals surface area (Å²) in [6.45, 7) is 3.86. The molecule has 1 aromatic heterocycles. The quantitative estimate of drug-likeness (QED) is 0.854. The van der Waals surface area contributed by atoms with Gasteiger partial charge in [0.2, 0.25) is 0 Å².